The van der Waals surface area contributed by atoms with Crippen LogP contribution < -0.4 is 9.47 Å². The van der Waals surface area contributed by atoms with Gasteiger partial charge in [0.25, 0.3) is 6.01 Å². The van der Waals surface area contributed by atoms with Gasteiger partial charge in [-0.25, -0.2) is 0 Å². The lowest BCUT2D eigenvalue weighted by Crippen LogP contribution is -2.23. The number of rotatable bonds is 3. The van der Waals surface area contributed by atoms with Gasteiger partial charge in [0.2, 0.25) is 0 Å². The Morgan fingerprint density at radius 2 is 2.20 bits per heavy atom. The number of aromatic nitrogens is 3. The lowest BCUT2D eigenvalue weighted by molar-refractivity contribution is 0.143. The molecule has 0 fully saturated rings. The number of hydrogen-bond acceptors (Lipinski definition) is 4. The van der Waals surface area contributed by atoms with E-state index in [1.807, 2.05) is 30.3 Å². The molecule has 0 bridgehead atoms. The van der Waals surface area contributed by atoms with E-state index in [4.69, 9.17) is 9.47 Å². The molecule has 20 heavy (non-hydrogen) atoms. The van der Waals surface area contributed by atoms with Gasteiger partial charge in [0, 0.05) is 6.20 Å². The molecule has 5 nitrogen and oxygen atoms in total. The minimum Gasteiger partial charge on any atom is -0.488 e. The van der Waals surface area contributed by atoms with Crippen LogP contribution in [0.15, 0.2) is 48.8 Å². The standard InChI is InChI=1S/C15H13N3O2/c1-2-6-14-13(5-1)17-15-18(14)9-12(20-15)10-19-11-4-3-7-16-8-11/h1-8,12H,9-10H2/t12-/m0/s1. The molecular weight excluding hydrogens is 254 g/mol. The normalized spacial score (nSPS) is 16.9. The van der Waals surface area contributed by atoms with Gasteiger partial charge in [-0.05, 0) is 24.3 Å². The SMILES string of the molecule is c1cncc(OC[C@@H]2Cn3c(nc4ccccc43)O2)c1. The fraction of sp³-hybridized carbons (Fsp3) is 0.200. The smallest absolute Gasteiger partial charge is 0.297 e. The van der Waals surface area contributed by atoms with Gasteiger partial charge in [0.1, 0.15) is 12.4 Å². The van der Waals surface area contributed by atoms with Crippen molar-refractivity contribution in [3.63, 3.8) is 0 Å². The third-order valence-corrected chi connectivity index (χ3v) is 3.35. The molecule has 0 amide bonds. The number of pyridine rings is 1. The second-order valence-corrected chi connectivity index (χ2v) is 4.73. The molecule has 1 aromatic carbocycles. The summed E-state index contributed by atoms with van der Waals surface area (Å²) in [4.78, 5) is 8.49. The van der Waals surface area contributed by atoms with E-state index < -0.39 is 0 Å². The van der Waals surface area contributed by atoms with E-state index in [0.29, 0.717) is 12.6 Å². The number of ether oxygens (including phenoxy) is 2. The van der Waals surface area contributed by atoms with Crippen LogP contribution in [0.5, 0.6) is 11.8 Å². The van der Waals surface area contributed by atoms with E-state index in [0.717, 1.165) is 23.3 Å². The Labute approximate surface area is 115 Å². The maximum atomic E-state index is 5.82. The molecule has 2 aromatic heterocycles. The third kappa shape index (κ3) is 1.87. The highest BCUT2D eigenvalue weighted by Crippen LogP contribution is 2.27. The summed E-state index contributed by atoms with van der Waals surface area (Å²) in [6.45, 7) is 1.25. The first-order valence-electron chi connectivity index (χ1n) is 6.55. The molecule has 0 aliphatic carbocycles. The van der Waals surface area contributed by atoms with Crippen LogP contribution in [0.3, 0.4) is 0 Å². The molecule has 1 aliphatic heterocycles. The molecule has 0 saturated carbocycles. The van der Waals surface area contributed by atoms with E-state index in [1.165, 1.54) is 0 Å². The minimum absolute atomic E-state index is 0.0117. The van der Waals surface area contributed by atoms with E-state index in [9.17, 15) is 0 Å². The zero-order valence-corrected chi connectivity index (χ0v) is 10.8. The van der Waals surface area contributed by atoms with Crippen LogP contribution in [-0.2, 0) is 6.54 Å². The second kappa shape index (κ2) is 4.52. The van der Waals surface area contributed by atoms with Crippen molar-refractivity contribution in [1.82, 2.24) is 14.5 Å². The maximum Gasteiger partial charge on any atom is 0.297 e. The lowest BCUT2D eigenvalue weighted by Gasteiger charge is -2.11. The first-order chi connectivity index (χ1) is 9.90. The number of hydrogen-bond donors (Lipinski definition) is 0. The number of nitrogens with zero attached hydrogens (tertiary/aromatic N) is 3. The van der Waals surface area contributed by atoms with E-state index in [-0.39, 0.29) is 6.10 Å². The highest BCUT2D eigenvalue weighted by atomic mass is 16.6. The van der Waals surface area contributed by atoms with Crippen LogP contribution in [0.1, 0.15) is 0 Å². The third-order valence-electron chi connectivity index (χ3n) is 3.35. The molecule has 4 rings (SSSR count). The number of fused-ring (bicyclic) bond motifs is 3. The molecule has 1 atom stereocenters. The summed E-state index contributed by atoms with van der Waals surface area (Å²) in [5, 5.41) is 0. The molecule has 0 unspecified atom stereocenters. The highest BCUT2D eigenvalue weighted by Gasteiger charge is 2.26. The first kappa shape index (κ1) is 11.3. The fourth-order valence-corrected chi connectivity index (χ4v) is 2.42. The Hall–Kier alpha value is -2.56. The molecule has 1 aliphatic rings. The molecule has 5 heteroatoms. The molecule has 100 valence electrons. The second-order valence-electron chi connectivity index (χ2n) is 4.73. The summed E-state index contributed by atoms with van der Waals surface area (Å²) < 4.78 is 13.6. The van der Waals surface area contributed by atoms with Crippen LogP contribution in [0, 0.1) is 0 Å². The summed E-state index contributed by atoms with van der Waals surface area (Å²) in [6.07, 6.45) is 3.41. The Morgan fingerprint density at radius 3 is 3.10 bits per heavy atom. The van der Waals surface area contributed by atoms with E-state index in [1.54, 1.807) is 12.4 Å². The summed E-state index contributed by atoms with van der Waals surface area (Å²) in [5.74, 6) is 0.755. The minimum atomic E-state index is -0.0117. The Morgan fingerprint density at radius 1 is 1.25 bits per heavy atom. The summed E-state index contributed by atoms with van der Waals surface area (Å²) in [7, 11) is 0. The monoisotopic (exact) mass is 267 g/mol. The van der Waals surface area contributed by atoms with Gasteiger partial charge in [0.05, 0.1) is 23.8 Å². The van der Waals surface area contributed by atoms with Gasteiger partial charge in [-0.3, -0.25) is 9.55 Å². The predicted octanol–water partition coefficient (Wildman–Crippen LogP) is 2.27. The molecule has 3 heterocycles. The summed E-state index contributed by atoms with van der Waals surface area (Å²) in [5.41, 5.74) is 2.07. The molecule has 0 radical (unpaired) electrons. The van der Waals surface area contributed by atoms with Crippen molar-refractivity contribution >= 4 is 11.0 Å². The number of para-hydroxylation sites is 2. The van der Waals surface area contributed by atoms with Gasteiger partial charge >= 0.3 is 0 Å². The summed E-state index contributed by atoms with van der Waals surface area (Å²) >= 11 is 0. The first-order valence-corrected chi connectivity index (χ1v) is 6.55. The lowest BCUT2D eigenvalue weighted by atomic mass is 10.3. The van der Waals surface area contributed by atoms with Crippen molar-refractivity contribution < 1.29 is 9.47 Å². The largest absolute Gasteiger partial charge is 0.488 e. The van der Waals surface area contributed by atoms with Crippen molar-refractivity contribution in [3.05, 3.63) is 48.8 Å². The summed E-state index contributed by atoms with van der Waals surface area (Å²) in [6, 6.07) is 12.4. The number of benzene rings is 1. The van der Waals surface area contributed by atoms with Crippen LogP contribution >= 0.6 is 0 Å². The zero-order chi connectivity index (χ0) is 13.4. The highest BCUT2D eigenvalue weighted by molar-refractivity contribution is 5.76. The van der Waals surface area contributed by atoms with Gasteiger partial charge in [-0.2, -0.15) is 4.98 Å². The maximum absolute atomic E-state index is 5.82. The van der Waals surface area contributed by atoms with Gasteiger partial charge < -0.3 is 9.47 Å². The quantitative estimate of drug-likeness (QED) is 0.730. The molecule has 0 saturated heterocycles. The Bertz CT molecular complexity index is 739. The van der Waals surface area contributed by atoms with Crippen molar-refractivity contribution in [2.75, 3.05) is 6.61 Å². The van der Waals surface area contributed by atoms with Crippen molar-refractivity contribution in [2.45, 2.75) is 12.6 Å². The van der Waals surface area contributed by atoms with Crippen LogP contribution in [0.2, 0.25) is 0 Å². The van der Waals surface area contributed by atoms with Crippen LogP contribution in [0.25, 0.3) is 11.0 Å². The van der Waals surface area contributed by atoms with E-state index >= 15 is 0 Å². The fourth-order valence-electron chi connectivity index (χ4n) is 2.42. The number of imidazole rings is 1. The zero-order valence-electron chi connectivity index (χ0n) is 10.8. The molecule has 0 N–H and O–H groups in total. The predicted molar refractivity (Wildman–Crippen MR) is 73.9 cm³/mol. The molecule has 0 spiro atoms. The van der Waals surface area contributed by atoms with Gasteiger partial charge in [0.15, 0.2) is 6.10 Å². The average Bonchev–Trinajstić information content (AvgIpc) is 3.03. The Kier molecular flexibility index (Phi) is 2.55. The topological polar surface area (TPSA) is 49.2 Å². The Balaban J connectivity index is 1.48. The molecular formula is C15H13N3O2. The average molecular weight is 267 g/mol. The van der Waals surface area contributed by atoms with Gasteiger partial charge in [-0.15, -0.1) is 0 Å². The van der Waals surface area contributed by atoms with Crippen molar-refractivity contribution in [3.8, 4) is 11.8 Å². The van der Waals surface area contributed by atoms with Crippen molar-refractivity contribution in [2.24, 2.45) is 0 Å². The van der Waals surface area contributed by atoms with Gasteiger partial charge in [-0.1, -0.05) is 12.1 Å². The van der Waals surface area contributed by atoms with Crippen molar-refractivity contribution in [1.29, 1.82) is 0 Å². The van der Waals surface area contributed by atoms with Crippen LogP contribution in [-0.4, -0.2) is 27.2 Å². The van der Waals surface area contributed by atoms with Crippen LogP contribution in [0.4, 0.5) is 0 Å². The molecule has 3 aromatic rings. The van der Waals surface area contributed by atoms with E-state index in [2.05, 4.69) is 20.6 Å².